The van der Waals surface area contributed by atoms with Crippen LogP contribution >= 0.6 is 24.8 Å². The van der Waals surface area contributed by atoms with Gasteiger partial charge in [0.25, 0.3) is 0 Å². The monoisotopic (exact) mass is 335 g/mol. The molecule has 3 N–H and O–H groups in total. The minimum Gasteiger partial charge on any atom is -0.346 e. The van der Waals surface area contributed by atoms with Crippen molar-refractivity contribution in [2.75, 3.05) is 6.54 Å². The number of fused-ring (bicyclic) bond motifs is 1. The molecule has 0 aromatic carbocycles. The predicted molar refractivity (Wildman–Crippen MR) is 84.5 cm³/mol. The smallest absolute Gasteiger partial charge is 0.224 e. The Hall–Kier alpha value is -0.850. The second kappa shape index (κ2) is 7.96. The van der Waals surface area contributed by atoms with E-state index < -0.39 is 0 Å². The predicted octanol–water partition coefficient (Wildman–Crippen LogP) is 1.45. The summed E-state index contributed by atoms with van der Waals surface area (Å²) in [7, 11) is 0. The van der Waals surface area contributed by atoms with Crippen LogP contribution in [0.3, 0.4) is 0 Å². The fraction of sp³-hybridized carbons (Fsp3) is 0.769. The van der Waals surface area contributed by atoms with Crippen LogP contribution < -0.4 is 11.1 Å². The van der Waals surface area contributed by atoms with Gasteiger partial charge in [-0.05, 0) is 38.1 Å². The normalized spacial score (nSPS) is 27.2. The Labute approximate surface area is 137 Å². The highest BCUT2D eigenvalue weighted by atomic mass is 35.5. The number of rotatable bonds is 3. The quantitative estimate of drug-likeness (QED) is 0.875. The number of nitrogens with two attached hydrogens (primary N) is 1. The highest BCUT2D eigenvalue weighted by molar-refractivity contribution is 5.85. The molecule has 2 heterocycles. The zero-order valence-electron chi connectivity index (χ0n) is 11.9. The van der Waals surface area contributed by atoms with Crippen molar-refractivity contribution in [2.45, 2.75) is 44.7 Å². The van der Waals surface area contributed by atoms with Gasteiger partial charge >= 0.3 is 0 Å². The molecule has 1 amide bonds. The van der Waals surface area contributed by atoms with Gasteiger partial charge in [0.1, 0.15) is 12.2 Å². The Morgan fingerprint density at radius 3 is 2.90 bits per heavy atom. The van der Waals surface area contributed by atoms with Gasteiger partial charge < -0.3 is 11.1 Å². The molecule has 1 fully saturated rings. The largest absolute Gasteiger partial charge is 0.346 e. The van der Waals surface area contributed by atoms with Crippen molar-refractivity contribution >= 4 is 30.7 Å². The number of aromatic nitrogens is 3. The molecule has 0 radical (unpaired) electrons. The standard InChI is InChI=1S/C13H21N5O.2ClH/c14-7-9-3-1-4-10(9)13(19)17-11-5-2-6-18-12(11)15-8-16-18;;/h8-11H,1-7,14H2,(H,17,19);2*1H/t9-,10-,11?;;/m1../s1. The summed E-state index contributed by atoms with van der Waals surface area (Å²) >= 11 is 0. The van der Waals surface area contributed by atoms with Crippen molar-refractivity contribution in [1.29, 1.82) is 0 Å². The van der Waals surface area contributed by atoms with Crippen molar-refractivity contribution in [3.8, 4) is 0 Å². The van der Waals surface area contributed by atoms with Crippen LogP contribution in [0.1, 0.15) is 44.0 Å². The van der Waals surface area contributed by atoms with E-state index in [-0.39, 0.29) is 42.7 Å². The van der Waals surface area contributed by atoms with E-state index in [1.165, 1.54) is 0 Å². The van der Waals surface area contributed by atoms with Gasteiger partial charge in [0.2, 0.25) is 5.91 Å². The van der Waals surface area contributed by atoms with Gasteiger partial charge in [0, 0.05) is 12.5 Å². The lowest BCUT2D eigenvalue weighted by Crippen LogP contribution is -2.39. The molecule has 120 valence electrons. The van der Waals surface area contributed by atoms with Crippen molar-refractivity contribution in [3.63, 3.8) is 0 Å². The third kappa shape index (κ3) is 3.67. The second-order valence-electron chi connectivity index (χ2n) is 5.58. The average Bonchev–Trinajstić information content (AvgIpc) is 3.07. The number of amides is 1. The number of carbonyl (C=O) groups is 1. The van der Waals surface area contributed by atoms with Gasteiger partial charge in [0.15, 0.2) is 0 Å². The van der Waals surface area contributed by atoms with Crippen LogP contribution in [0.4, 0.5) is 0 Å². The molecule has 3 rings (SSSR count). The van der Waals surface area contributed by atoms with Gasteiger partial charge in [-0.2, -0.15) is 5.10 Å². The van der Waals surface area contributed by atoms with Gasteiger partial charge in [0.05, 0.1) is 6.04 Å². The van der Waals surface area contributed by atoms with Crippen LogP contribution in [0.2, 0.25) is 0 Å². The van der Waals surface area contributed by atoms with E-state index in [4.69, 9.17) is 5.73 Å². The molecule has 8 heteroatoms. The molecule has 1 unspecified atom stereocenters. The summed E-state index contributed by atoms with van der Waals surface area (Å²) in [6.45, 7) is 1.51. The maximum Gasteiger partial charge on any atom is 0.224 e. The van der Waals surface area contributed by atoms with E-state index in [1.807, 2.05) is 4.68 Å². The fourth-order valence-electron chi connectivity index (χ4n) is 3.37. The Morgan fingerprint density at radius 2 is 2.14 bits per heavy atom. The first-order valence-electron chi connectivity index (χ1n) is 7.17. The lowest BCUT2D eigenvalue weighted by Gasteiger charge is -2.26. The van der Waals surface area contributed by atoms with Crippen molar-refractivity contribution in [2.24, 2.45) is 17.6 Å². The van der Waals surface area contributed by atoms with Gasteiger partial charge in [-0.15, -0.1) is 24.8 Å². The molecule has 1 saturated carbocycles. The lowest BCUT2D eigenvalue weighted by molar-refractivity contribution is -0.127. The van der Waals surface area contributed by atoms with Gasteiger partial charge in [-0.3, -0.25) is 4.79 Å². The topological polar surface area (TPSA) is 85.8 Å². The first kappa shape index (κ1) is 18.2. The minimum absolute atomic E-state index is 0. The van der Waals surface area contributed by atoms with Crippen LogP contribution in [0.15, 0.2) is 6.33 Å². The Bertz CT molecular complexity index is 467. The minimum atomic E-state index is 0. The van der Waals surface area contributed by atoms with E-state index in [1.54, 1.807) is 6.33 Å². The summed E-state index contributed by atoms with van der Waals surface area (Å²) in [5, 5.41) is 7.33. The third-order valence-corrected chi connectivity index (χ3v) is 4.43. The lowest BCUT2D eigenvalue weighted by atomic mass is 9.94. The van der Waals surface area contributed by atoms with Crippen molar-refractivity contribution in [3.05, 3.63) is 12.2 Å². The third-order valence-electron chi connectivity index (χ3n) is 4.43. The number of hydrogen-bond acceptors (Lipinski definition) is 4. The molecule has 21 heavy (non-hydrogen) atoms. The molecule has 1 aliphatic carbocycles. The average molecular weight is 336 g/mol. The Balaban J connectivity index is 0.00000110. The summed E-state index contributed by atoms with van der Waals surface area (Å²) in [5.74, 6) is 1.47. The van der Waals surface area contributed by atoms with E-state index in [2.05, 4.69) is 15.4 Å². The molecule has 6 nitrogen and oxygen atoms in total. The second-order valence-corrected chi connectivity index (χ2v) is 5.58. The number of carbonyl (C=O) groups excluding carboxylic acids is 1. The summed E-state index contributed by atoms with van der Waals surface area (Å²) in [6.07, 6.45) is 6.71. The number of nitrogens with one attached hydrogen (secondary N) is 1. The highest BCUT2D eigenvalue weighted by Crippen LogP contribution is 2.32. The zero-order chi connectivity index (χ0) is 13.2. The summed E-state index contributed by atoms with van der Waals surface area (Å²) in [5.41, 5.74) is 5.75. The number of hydrogen-bond donors (Lipinski definition) is 2. The first-order valence-corrected chi connectivity index (χ1v) is 7.17. The first-order chi connectivity index (χ1) is 9.29. The molecule has 3 atom stereocenters. The van der Waals surface area contributed by atoms with Crippen molar-refractivity contribution in [1.82, 2.24) is 20.1 Å². The fourth-order valence-corrected chi connectivity index (χ4v) is 3.37. The van der Waals surface area contributed by atoms with Crippen LogP contribution in [0.25, 0.3) is 0 Å². The van der Waals surface area contributed by atoms with Crippen molar-refractivity contribution < 1.29 is 4.79 Å². The number of halogens is 2. The van der Waals surface area contributed by atoms with Crippen LogP contribution in [0.5, 0.6) is 0 Å². The summed E-state index contributed by atoms with van der Waals surface area (Å²) in [4.78, 5) is 16.7. The van der Waals surface area contributed by atoms with Crippen LogP contribution in [-0.2, 0) is 11.3 Å². The van der Waals surface area contributed by atoms with Gasteiger partial charge in [-0.25, -0.2) is 9.67 Å². The highest BCUT2D eigenvalue weighted by Gasteiger charge is 2.34. The summed E-state index contributed by atoms with van der Waals surface area (Å²) in [6, 6.07) is 0.0165. The Kier molecular flexibility index (Phi) is 6.90. The molecule has 2 aliphatic rings. The van der Waals surface area contributed by atoms with Gasteiger partial charge in [-0.1, -0.05) is 6.42 Å². The molecule has 0 bridgehead atoms. The molecule has 1 aromatic rings. The Morgan fingerprint density at radius 1 is 1.33 bits per heavy atom. The number of nitrogens with zero attached hydrogens (tertiary/aromatic N) is 3. The maximum atomic E-state index is 12.4. The van der Waals surface area contributed by atoms with E-state index in [0.717, 1.165) is 44.5 Å². The van der Waals surface area contributed by atoms with E-state index in [0.29, 0.717) is 12.5 Å². The number of aryl methyl sites for hydroxylation is 1. The van der Waals surface area contributed by atoms with E-state index >= 15 is 0 Å². The van der Waals surface area contributed by atoms with Crippen LogP contribution in [-0.4, -0.2) is 27.2 Å². The van der Waals surface area contributed by atoms with E-state index in [9.17, 15) is 4.79 Å². The SMILES string of the molecule is Cl.Cl.NC[C@H]1CCC[C@H]1C(=O)NC1CCCn2ncnc21. The molecule has 1 aromatic heterocycles. The molecule has 1 aliphatic heterocycles. The zero-order valence-corrected chi connectivity index (χ0v) is 13.5. The maximum absolute atomic E-state index is 12.4. The molecular formula is C13H23Cl2N5O. The van der Waals surface area contributed by atoms with Crippen LogP contribution in [0, 0.1) is 11.8 Å². The molecule has 0 saturated heterocycles. The molecular weight excluding hydrogens is 313 g/mol. The summed E-state index contributed by atoms with van der Waals surface area (Å²) < 4.78 is 1.89. The molecule has 0 spiro atoms.